The van der Waals surface area contributed by atoms with Gasteiger partial charge in [0.15, 0.2) is 0 Å². The minimum Gasteiger partial charge on any atom is -0.481 e. The molecule has 0 fully saturated rings. The third-order valence-corrected chi connectivity index (χ3v) is 2.33. The van der Waals surface area contributed by atoms with E-state index >= 15 is 0 Å². The lowest BCUT2D eigenvalue weighted by Crippen LogP contribution is -2.52. The van der Waals surface area contributed by atoms with E-state index in [0.29, 0.717) is 0 Å². The standard InChI is InChI=1S/C12H23N3O5/c1-7(2)14-10(18)8(3)15-11(19)13-6-12(4,20)5-9(16)17/h7-8,20H,5-6H2,1-4H3,(H,14,18)(H,16,17)(H2,13,15,19). The SMILES string of the molecule is CC(C)NC(=O)C(C)NC(=O)NCC(C)(O)CC(=O)O. The van der Waals surface area contributed by atoms with Gasteiger partial charge in [0, 0.05) is 12.6 Å². The Labute approximate surface area is 117 Å². The number of urea groups is 1. The predicted octanol–water partition coefficient (Wildman–Crippen LogP) is -0.576. The molecule has 0 aromatic heterocycles. The van der Waals surface area contributed by atoms with Crippen LogP contribution in [0.5, 0.6) is 0 Å². The second-order valence-corrected chi connectivity index (χ2v) is 5.28. The summed E-state index contributed by atoms with van der Waals surface area (Å²) in [5, 5.41) is 25.6. The van der Waals surface area contributed by atoms with Crippen LogP contribution in [0.25, 0.3) is 0 Å². The molecule has 0 saturated heterocycles. The summed E-state index contributed by atoms with van der Waals surface area (Å²) in [6.07, 6.45) is -0.489. The van der Waals surface area contributed by atoms with Crippen molar-refractivity contribution >= 4 is 17.9 Å². The first-order chi connectivity index (χ1) is 9.03. The minimum absolute atomic E-state index is 0.0360. The van der Waals surface area contributed by atoms with Crippen molar-refractivity contribution in [2.24, 2.45) is 0 Å². The monoisotopic (exact) mass is 289 g/mol. The fourth-order valence-corrected chi connectivity index (χ4v) is 1.38. The first-order valence-electron chi connectivity index (χ1n) is 6.32. The lowest BCUT2D eigenvalue weighted by Gasteiger charge is -2.22. The Morgan fingerprint density at radius 1 is 1.15 bits per heavy atom. The van der Waals surface area contributed by atoms with Crippen LogP contribution >= 0.6 is 0 Å². The number of carbonyl (C=O) groups is 3. The van der Waals surface area contributed by atoms with Gasteiger partial charge in [-0.2, -0.15) is 0 Å². The quantitative estimate of drug-likeness (QED) is 0.428. The average Bonchev–Trinajstić information content (AvgIpc) is 2.23. The summed E-state index contributed by atoms with van der Waals surface area (Å²) < 4.78 is 0. The van der Waals surface area contributed by atoms with E-state index in [9.17, 15) is 19.5 Å². The number of aliphatic carboxylic acids is 1. The van der Waals surface area contributed by atoms with E-state index in [1.807, 2.05) is 0 Å². The summed E-state index contributed by atoms with van der Waals surface area (Å²) in [6, 6.07) is -1.42. The average molecular weight is 289 g/mol. The summed E-state index contributed by atoms with van der Waals surface area (Å²) >= 11 is 0. The topological polar surface area (TPSA) is 128 Å². The fourth-order valence-electron chi connectivity index (χ4n) is 1.38. The number of hydrogen-bond acceptors (Lipinski definition) is 4. The summed E-state index contributed by atoms with van der Waals surface area (Å²) in [6.45, 7) is 6.19. The highest BCUT2D eigenvalue weighted by atomic mass is 16.4. The second-order valence-electron chi connectivity index (χ2n) is 5.28. The van der Waals surface area contributed by atoms with E-state index in [1.54, 1.807) is 13.8 Å². The first-order valence-corrected chi connectivity index (χ1v) is 6.32. The van der Waals surface area contributed by atoms with E-state index in [4.69, 9.17) is 5.11 Å². The molecule has 0 aliphatic carbocycles. The molecule has 8 heteroatoms. The van der Waals surface area contributed by atoms with Crippen LogP contribution in [-0.4, -0.2) is 52.4 Å². The van der Waals surface area contributed by atoms with Crippen LogP contribution in [0, 0.1) is 0 Å². The van der Waals surface area contributed by atoms with Crippen LogP contribution in [0.15, 0.2) is 0 Å². The molecule has 0 aromatic carbocycles. The number of carboxylic acids is 1. The van der Waals surface area contributed by atoms with Gasteiger partial charge in [-0.3, -0.25) is 9.59 Å². The Bertz CT molecular complexity index is 368. The zero-order valence-electron chi connectivity index (χ0n) is 12.2. The van der Waals surface area contributed by atoms with Gasteiger partial charge in [-0.05, 0) is 27.7 Å². The van der Waals surface area contributed by atoms with Crippen molar-refractivity contribution in [2.75, 3.05) is 6.54 Å². The lowest BCUT2D eigenvalue weighted by molar-refractivity contribution is -0.141. The van der Waals surface area contributed by atoms with Crippen LogP contribution in [0.1, 0.15) is 34.1 Å². The maximum atomic E-state index is 11.6. The van der Waals surface area contributed by atoms with Crippen molar-refractivity contribution in [1.82, 2.24) is 16.0 Å². The van der Waals surface area contributed by atoms with Gasteiger partial charge in [0.1, 0.15) is 6.04 Å². The van der Waals surface area contributed by atoms with Gasteiger partial charge >= 0.3 is 12.0 Å². The van der Waals surface area contributed by atoms with Crippen molar-refractivity contribution in [1.29, 1.82) is 0 Å². The fraction of sp³-hybridized carbons (Fsp3) is 0.750. The van der Waals surface area contributed by atoms with Crippen molar-refractivity contribution in [3.05, 3.63) is 0 Å². The number of carbonyl (C=O) groups excluding carboxylic acids is 2. The molecule has 5 N–H and O–H groups in total. The summed E-state index contributed by atoms with van der Waals surface area (Å²) in [5.74, 6) is -1.49. The summed E-state index contributed by atoms with van der Waals surface area (Å²) in [7, 11) is 0. The normalized spacial score (nSPS) is 15.1. The lowest BCUT2D eigenvalue weighted by atomic mass is 10.0. The van der Waals surface area contributed by atoms with Crippen LogP contribution in [0.4, 0.5) is 4.79 Å². The van der Waals surface area contributed by atoms with Crippen molar-refractivity contribution in [3.63, 3.8) is 0 Å². The zero-order valence-corrected chi connectivity index (χ0v) is 12.2. The van der Waals surface area contributed by atoms with Gasteiger partial charge in [0.25, 0.3) is 0 Å². The smallest absolute Gasteiger partial charge is 0.315 e. The first kappa shape index (κ1) is 18.2. The third-order valence-electron chi connectivity index (χ3n) is 2.33. The van der Waals surface area contributed by atoms with Gasteiger partial charge in [-0.15, -0.1) is 0 Å². The molecular weight excluding hydrogens is 266 g/mol. The Hall–Kier alpha value is -1.83. The molecular formula is C12H23N3O5. The van der Waals surface area contributed by atoms with Crippen LogP contribution in [0.2, 0.25) is 0 Å². The van der Waals surface area contributed by atoms with Crippen LogP contribution in [-0.2, 0) is 9.59 Å². The maximum absolute atomic E-state index is 11.6. The molecule has 3 amide bonds. The number of carboxylic acid groups (broad SMARTS) is 1. The third kappa shape index (κ3) is 8.30. The summed E-state index contributed by atoms with van der Waals surface area (Å²) in [5.41, 5.74) is -1.55. The van der Waals surface area contributed by atoms with Gasteiger partial charge in [-0.1, -0.05) is 0 Å². The van der Waals surface area contributed by atoms with E-state index in [0.717, 1.165) is 0 Å². The Morgan fingerprint density at radius 3 is 2.15 bits per heavy atom. The Morgan fingerprint density at radius 2 is 1.70 bits per heavy atom. The second kappa shape index (κ2) is 7.68. The predicted molar refractivity (Wildman–Crippen MR) is 72.2 cm³/mol. The molecule has 116 valence electrons. The number of hydrogen-bond donors (Lipinski definition) is 5. The minimum atomic E-state index is -1.55. The highest BCUT2D eigenvalue weighted by Gasteiger charge is 2.25. The molecule has 0 heterocycles. The molecule has 2 atom stereocenters. The van der Waals surface area contributed by atoms with E-state index in [1.165, 1.54) is 13.8 Å². The molecule has 0 bridgehead atoms. The molecule has 0 aromatic rings. The molecule has 0 spiro atoms. The molecule has 2 unspecified atom stereocenters. The van der Waals surface area contributed by atoms with Gasteiger partial charge in [-0.25, -0.2) is 4.79 Å². The number of aliphatic hydroxyl groups is 1. The molecule has 0 saturated carbocycles. The number of amides is 3. The highest BCUT2D eigenvalue weighted by molar-refractivity contribution is 5.86. The largest absolute Gasteiger partial charge is 0.481 e. The van der Waals surface area contributed by atoms with E-state index in [2.05, 4.69) is 16.0 Å². The Balaban J connectivity index is 4.17. The summed E-state index contributed by atoms with van der Waals surface area (Å²) in [4.78, 5) is 33.6. The maximum Gasteiger partial charge on any atom is 0.315 e. The highest BCUT2D eigenvalue weighted by Crippen LogP contribution is 2.07. The van der Waals surface area contributed by atoms with Gasteiger partial charge in [0.2, 0.25) is 5.91 Å². The van der Waals surface area contributed by atoms with Crippen molar-refractivity contribution in [3.8, 4) is 0 Å². The number of nitrogens with one attached hydrogen (secondary N) is 3. The molecule has 0 radical (unpaired) electrons. The number of rotatable bonds is 7. The van der Waals surface area contributed by atoms with Gasteiger partial charge in [0.05, 0.1) is 12.0 Å². The van der Waals surface area contributed by atoms with Crippen LogP contribution in [0.3, 0.4) is 0 Å². The zero-order chi connectivity index (χ0) is 15.9. The Kier molecular flexibility index (Phi) is 6.98. The van der Waals surface area contributed by atoms with Crippen molar-refractivity contribution < 1.29 is 24.6 Å². The molecule has 0 aliphatic rings. The van der Waals surface area contributed by atoms with Crippen molar-refractivity contribution in [2.45, 2.75) is 51.8 Å². The molecule has 8 nitrogen and oxygen atoms in total. The molecule has 20 heavy (non-hydrogen) atoms. The van der Waals surface area contributed by atoms with Gasteiger partial charge < -0.3 is 26.2 Å². The van der Waals surface area contributed by atoms with E-state index < -0.39 is 30.1 Å². The van der Waals surface area contributed by atoms with Crippen LogP contribution < -0.4 is 16.0 Å². The molecule has 0 aliphatic heterocycles. The molecule has 0 rings (SSSR count). The van der Waals surface area contributed by atoms with E-state index in [-0.39, 0.29) is 18.5 Å².